The second kappa shape index (κ2) is 4.52. The Kier molecular flexibility index (Phi) is 3.10. The maximum Gasteiger partial charge on any atom is 0.231 e. The van der Waals surface area contributed by atoms with Gasteiger partial charge in [0.2, 0.25) is 5.89 Å². The lowest BCUT2D eigenvalue weighted by Crippen LogP contribution is -2.16. The third kappa shape index (κ3) is 2.41. The third-order valence-electron chi connectivity index (χ3n) is 1.92. The molecule has 6 heteroatoms. The number of aromatic nitrogens is 2. The van der Waals surface area contributed by atoms with Crippen molar-refractivity contribution in [3.05, 3.63) is 34.1 Å². The molecule has 0 bridgehead atoms. The number of nitrogens with zero attached hydrogens (tertiary/aromatic N) is 2. The van der Waals surface area contributed by atoms with Gasteiger partial charge in [0.25, 0.3) is 0 Å². The van der Waals surface area contributed by atoms with Crippen LogP contribution in [0.3, 0.4) is 0 Å². The lowest BCUT2D eigenvalue weighted by molar-refractivity contribution is 0.259. The largest absolute Gasteiger partial charge is 0.394 e. The van der Waals surface area contributed by atoms with E-state index >= 15 is 0 Å². The van der Waals surface area contributed by atoms with Crippen LogP contribution < -0.4 is 5.73 Å². The quantitative estimate of drug-likeness (QED) is 0.800. The first kappa shape index (κ1) is 10.3. The highest BCUT2D eigenvalue weighted by atomic mass is 32.1. The summed E-state index contributed by atoms with van der Waals surface area (Å²) in [5, 5.41) is 14.5. The Morgan fingerprint density at radius 2 is 2.47 bits per heavy atom. The minimum absolute atomic E-state index is 0.183. The van der Waals surface area contributed by atoms with Crippen molar-refractivity contribution in [2.24, 2.45) is 5.73 Å². The molecule has 2 aromatic heterocycles. The number of nitrogens with two attached hydrogens (primary N) is 1. The van der Waals surface area contributed by atoms with Crippen LogP contribution in [0.1, 0.15) is 22.6 Å². The number of rotatable bonds is 4. The first-order valence-electron chi connectivity index (χ1n) is 4.51. The zero-order valence-electron chi connectivity index (χ0n) is 7.96. The van der Waals surface area contributed by atoms with Crippen molar-refractivity contribution in [2.45, 2.75) is 12.5 Å². The zero-order valence-corrected chi connectivity index (χ0v) is 8.78. The van der Waals surface area contributed by atoms with Gasteiger partial charge in [-0.1, -0.05) is 11.2 Å². The van der Waals surface area contributed by atoms with E-state index in [1.165, 1.54) is 0 Å². The van der Waals surface area contributed by atoms with Crippen LogP contribution in [0.2, 0.25) is 0 Å². The lowest BCUT2D eigenvalue weighted by atomic mass is 10.3. The van der Waals surface area contributed by atoms with Crippen LogP contribution in [0.25, 0.3) is 0 Å². The molecule has 0 spiro atoms. The Labute approximate surface area is 90.5 Å². The van der Waals surface area contributed by atoms with E-state index < -0.39 is 6.04 Å². The molecule has 2 aromatic rings. The predicted octanol–water partition coefficient (Wildman–Crippen LogP) is 0.714. The van der Waals surface area contributed by atoms with E-state index in [0.29, 0.717) is 18.1 Å². The molecule has 2 rings (SSSR count). The topological polar surface area (TPSA) is 85.2 Å². The average molecular weight is 225 g/mol. The molecule has 0 amide bonds. The minimum atomic E-state index is -0.564. The molecule has 0 aromatic carbocycles. The molecule has 0 radical (unpaired) electrons. The van der Waals surface area contributed by atoms with Crippen LogP contribution in [0, 0.1) is 0 Å². The summed E-state index contributed by atoms with van der Waals surface area (Å²) in [5.41, 5.74) is 5.55. The normalized spacial score (nSPS) is 12.9. The Balaban J connectivity index is 2.07. The van der Waals surface area contributed by atoms with Crippen molar-refractivity contribution < 1.29 is 9.63 Å². The third-order valence-corrected chi connectivity index (χ3v) is 2.79. The molecule has 1 atom stereocenters. The summed E-state index contributed by atoms with van der Waals surface area (Å²) in [5.74, 6) is 0.875. The van der Waals surface area contributed by atoms with E-state index in [9.17, 15) is 0 Å². The van der Waals surface area contributed by atoms with Crippen molar-refractivity contribution in [3.8, 4) is 0 Å². The van der Waals surface area contributed by atoms with Gasteiger partial charge in [-0.25, -0.2) is 0 Å². The standard InChI is InChI=1S/C9H11N3O2S/c10-7(5-13)9-11-8(14-12-9)4-6-2-1-3-15-6/h1-3,7,13H,4-5,10H2. The molecule has 0 saturated carbocycles. The van der Waals surface area contributed by atoms with E-state index in [-0.39, 0.29) is 6.61 Å². The summed E-state index contributed by atoms with van der Waals surface area (Å²) in [6.07, 6.45) is 0.614. The number of aliphatic hydroxyl groups is 1. The van der Waals surface area contributed by atoms with Crippen molar-refractivity contribution in [1.82, 2.24) is 10.1 Å². The summed E-state index contributed by atoms with van der Waals surface area (Å²) < 4.78 is 5.02. The van der Waals surface area contributed by atoms with E-state index in [2.05, 4.69) is 10.1 Å². The van der Waals surface area contributed by atoms with Gasteiger partial charge < -0.3 is 15.4 Å². The molecular formula is C9H11N3O2S. The Bertz CT molecular complexity index is 413. The van der Waals surface area contributed by atoms with E-state index in [0.717, 1.165) is 4.88 Å². The highest BCUT2D eigenvalue weighted by Crippen LogP contribution is 2.14. The minimum Gasteiger partial charge on any atom is -0.394 e. The van der Waals surface area contributed by atoms with Crippen molar-refractivity contribution in [1.29, 1.82) is 0 Å². The smallest absolute Gasteiger partial charge is 0.231 e. The van der Waals surface area contributed by atoms with Crippen LogP contribution in [0.5, 0.6) is 0 Å². The fourth-order valence-corrected chi connectivity index (χ4v) is 1.83. The highest BCUT2D eigenvalue weighted by Gasteiger charge is 2.13. The molecule has 5 nitrogen and oxygen atoms in total. The number of thiophene rings is 1. The van der Waals surface area contributed by atoms with Crippen LogP contribution in [0.15, 0.2) is 22.0 Å². The average Bonchev–Trinajstić information content (AvgIpc) is 2.88. The summed E-state index contributed by atoms with van der Waals surface area (Å²) in [6.45, 7) is -0.183. The molecule has 2 heterocycles. The fourth-order valence-electron chi connectivity index (χ4n) is 1.13. The lowest BCUT2D eigenvalue weighted by Gasteiger charge is -1.98. The van der Waals surface area contributed by atoms with Gasteiger partial charge in [0.1, 0.15) is 0 Å². The van der Waals surface area contributed by atoms with Crippen LogP contribution >= 0.6 is 11.3 Å². The van der Waals surface area contributed by atoms with Gasteiger partial charge in [0.05, 0.1) is 19.1 Å². The molecule has 1 unspecified atom stereocenters. The van der Waals surface area contributed by atoms with Gasteiger partial charge in [0, 0.05) is 4.88 Å². The second-order valence-corrected chi connectivity index (χ2v) is 4.12. The maximum absolute atomic E-state index is 8.81. The summed E-state index contributed by atoms with van der Waals surface area (Å²) in [7, 11) is 0. The monoisotopic (exact) mass is 225 g/mol. The van der Waals surface area contributed by atoms with E-state index in [1.54, 1.807) is 11.3 Å². The van der Waals surface area contributed by atoms with Crippen LogP contribution in [-0.2, 0) is 6.42 Å². The highest BCUT2D eigenvalue weighted by molar-refractivity contribution is 7.09. The van der Waals surface area contributed by atoms with Gasteiger partial charge in [-0.3, -0.25) is 0 Å². The Morgan fingerprint density at radius 3 is 3.13 bits per heavy atom. The van der Waals surface area contributed by atoms with Gasteiger partial charge in [-0.05, 0) is 11.4 Å². The predicted molar refractivity (Wildman–Crippen MR) is 55.4 cm³/mol. The van der Waals surface area contributed by atoms with Gasteiger partial charge in [-0.2, -0.15) is 4.98 Å². The summed E-state index contributed by atoms with van der Waals surface area (Å²) in [6, 6.07) is 3.41. The SMILES string of the molecule is NC(CO)c1noc(Cc2cccs2)n1. The molecular weight excluding hydrogens is 214 g/mol. The Morgan fingerprint density at radius 1 is 1.60 bits per heavy atom. The summed E-state index contributed by atoms with van der Waals surface area (Å²) in [4.78, 5) is 5.26. The molecule has 0 fully saturated rings. The molecule has 3 N–H and O–H groups in total. The van der Waals surface area contributed by atoms with E-state index in [4.69, 9.17) is 15.4 Å². The van der Waals surface area contributed by atoms with Crippen molar-refractivity contribution in [2.75, 3.05) is 6.61 Å². The molecule has 0 saturated heterocycles. The Hall–Kier alpha value is -1.24. The van der Waals surface area contributed by atoms with Crippen molar-refractivity contribution >= 4 is 11.3 Å². The maximum atomic E-state index is 8.81. The number of aliphatic hydroxyl groups excluding tert-OH is 1. The molecule has 0 aliphatic carbocycles. The van der Waals surface area contributed by atoms with Gasteiger partial charge >= 0.3 is 0 Å². The molecule has 80 valence electrons. The van der Waals surface area contributed by atoms with Crippen LogP contribution in [0.4, 0.5) is 0 Å². The van der Waals surface area contributed by atoms with Gasteiger partial charge in [-0.15, -0.1) is 11.3 Å². The first-order chi connectivity index (χ1) is 7.29. The van der Waals surface area contributed by atoms with Crippen LogP contribution in [-0.4, -0.2) is 21.9 Å². The molecule has 15 heavy (non-hydrogen) atoms. The zero-order chi connectivity index (χ0) is 10.7. The summed E-state index contributed by atoms with van der Waals surface area (Å²) >= 11 is 1.63. The number of hydrogen-bond donors (Lipinski definition) is 2. The number of hydrogen-bond acceptors (Lipinski definition) is 6. The van der Waals surface area contributed by atoms with Crippen molar-refractivity contribution in [3.63, 3.8) is 0 Å². The molecule has 0 aliphatic heterocycles. The molecule has 0 aliphatic rings. The second-order valence-electron chi connectivity index (χ2n) is 3.09. The van der Waals surface area contributed by atoms with Gasteiger partial charge in [0.15, 0.2) is 5.82 Å². The first-order valence-corrected chi connectivity index (χ1v) is 5.39. The fraction of sp³-hybridized carbons (Fsp3) is 0.333. The van der Waals surface area contributed by atoms with E-state index in [1.807, 2.05) is 17.5 Å².